The first-order valence-electron chi connectivity index (χ1n) is 5.67. The lowest BCUT2D eigenvalue weighted by Crippen LogP contribution is -2.40. The first-order chi connectivity index (χ1) is 7.15. The summed E-state index contributed by atoms with van der Waals surface area (Å²) in [5, 5.41) is 11.7. The second-order valence-electron chi connectivity index (χ2n) is 4.15. The minimum atomic E-state index is -0.784. The Labute approximate surface area is 90.0 Å². The molecule has 2 unspecified atom stereocenters. The maximum atomic E-state index is 11.4. The fourth-order valence-electron chi connectivity index (χ4n) is 2.04. The Morgan fingerprint density at radius 2 is 2.13 bits per heavy atom. The van der Waals surface area contributed by atoms with Gasteiger partial charge in [-0.05, 0) is 19.3 Å². The lowest BCUT2D eigenvalue weighted by molar-refractivity contribution is -0.142. The average molecular weight is 213 g/mol. The Hall–Kier alpha value is -1.06. The minimum Gasteiger partial charge on any atom is -0.481 e. The molecule has 1 fully saturated rings. The molecule has 4 nitrogen and oxygen atoms in total. The van der Waals surface area contributed by atoms with Gasteiger partial charge >= 0.3 is 5.97 Å². The maximum Gasteiger partial charge on any atom is 0.308 e. The molecular formula is C11H19NO3. The van der Waals surface area contributed by atoms with Crippen molar-refractivity contribution in [2.45, 2.75) is 51.5 Å². The van der Waals surface area contributed by atoms with Crippen molar-refractivity contribution in [1.82, 2.24) is 5.32 Å². The zero-order valence-electron chi connectivity index (χ0n) is 9.16. The van der Waals surface area contributed by atoms with Crippen LogP contribution >= 0.6 is 0 Å². The molecular weight excluding hydrogens is 194 g/mol. The largest absolute Gasteiger partial charge is 0.481 e. The Morgan fingerprint density at radius 3 is 2.73 bits per heavy atom. The number of amides is 1. The van der Waals surface area contributed by atoms with Gasteiger partial charge in [0.2, 0.25) is 5.91 Å². The number of carbonyl (C=O) groups excluding carboxylic acids is 1. The summed E-state index contributed by atoms with van der Waals surface area (Å²) in [6.07, 6.45) is 4.76. The summed E-state index contributed by atoms with van der Waals surface area (Å²) in [4.78, 5) is 22.3. The number of nitrogens with one attached hydrogen (secondary N) is 1. The smallest absolute Gasteiger partial charge is 0.308 e. The van der Waals surface area contributed by atoms with Crippen LogP contribution in [0.2, 0.25) is 0 Å². The highest BCUT2D eigenvalue weighted by Crippen LogP contribution is 2.25. The molecule has 0 radical (unpaired) electrons. The Morgan fingerprint density at radius 1 is 1.40 bits per heavy atom. The van der Waals surface area contributed by atoms with Gasteiger partial charge in [-0.25, -0.2) is 0 Å². The molecule has 0 heterocycles. The van der Waals surface area contributed by atoms with Crippen molar-refractivity contribution >= 4 is 11.9 Å². The molecule has 0 aliphatic heterocycles. The zero-order valence-corrected chi connectivity index (χ0v) is 9.16. The van der Waals surface area contributed by atoms with Crippen LogP contribution in [0.4, 0.5) is 0 Å². The summed E-state index contributed by atoms with van der Waals surface area (Å²) in [7, 11) is 0. The molecule has 0 spiro atoms. The van der Waals surface area contributed by atoms with Crippen LogP contribution in [0.3, 0.4) is 0 Å². The predicted octanol–water partition coefficient (Wildman–Crippen LogP) is 1.55. The molecule has 0 aromatic heterocycles. The van der Waals surface area contributed by atoms with E-state index in [0.29, 0.717) is 12.8 Å². The first-order valence-corrected chi connectivity index (χ1v) is 5.67. The molecule has 4 heteroatoms. The quantitative estimate of drug-likeness (QED) is 0.728. The number of rotatable bonds is 5. The summed E-state index contributed by atoms with van der Waals surface area (Å²) in [6.45, 7) is 2.03. The fourth-order valence-corrected chi connectivity index (χ4v) is 2.04. The number of hydrogen-bond donors (Lipinski definition) is 2. The van der Waals surface area contributed by atoms with Crippen LogP contribution in [-0.4, -0.2) is 23.0 Å². The van der Waals surface area contributed by atoms with Gasteiger partial charge in [-0.2, -0.15) is 0 Å². The molecule has 0 saturated heterocycles. The van der Waals surface area contributed by atoms with Crippen molar-refractivity contribution in [3.05, 3.63) is 0 Å². The Balaban J connectivity index is 2.36. The molecule has 0 bridgehead atoms. The van der Waals surface area contributed by atoms with Crippen LogP contribution < -0.4 is 5.32 Å². The van der Waals surface area contributed by atoms with Gasteiger partial charge < -0.3 is 10.4 Å². The van der Waals surface area contributed by atoms with E-state index in [-0.39, 0.29) is 17.9 Å². The highest BCUT2D eigenvalue weighted by Gasteiger charge is 2.33. The van der Waals surface area contributed by atoms with Crippen molar-refractivity contribution < 1.29 is 14.7 Å². The minimum absolute atomic E-state index is 0.00463. The van der Waals surface area contributed by atoms with E-state index < -0.39 is 5.97 Å². The Kier molecular flexibility index (Phi) is 4.59. The summed E-state index contributed by atoms with van der Waals surface area (Å²) in [6, 6.07) is -0.146. The van der Waals surface area contributed by atoms with Gasteiger partial charge in [0.05, 0.1) is 5.92 Å². The number of aliphatic carboxylic acids is 1. The van der Waals surface area contributed by atoms with E-state index in [1.807, 2.05) is 6.92 Å². The van der Waals surface area contributed by atoms with Crippen molar-refractivity contribution in [3.63, 3.8) is 0 Å². The van der Waals surface area contributed by atoms with Gasteiger partial charge in [0.15, 0.2) is 0 Å². The molecule has 1 rings (SSSR count). The first kappa shape index (κ1) is 12.0. The van der Waals surface area contributed by atoms with Crippen LogP contribution in [0, 0.1) is 5.92 Å². The van der Waals surface area contributed by atoms with Crippen molar-refractivity contribution in [3.8, 4) is 0 Å². The van der Waals surface area contributed by atoms with Crippen LogP contribution in [0.1, 0.15) is 45.4 Å². The van der Waals surface area contributed by atoms with Gasteiger partial charge in [-0.1, -0.05) is 19.8 Å². The second-order valence-corrected chi connectivity index (χ2v) is 4.15. The van der Waals surface area contributed by atoms with Gasteiger partial charge in [-0.15, -0.1) is 0 Å². The topological polar surface area (TPSA) is 66.4 Å². The summed E-state index contributed by atoms with van der Waals surface area (Å²) in [5.74, 6) is -1.17. The number of unbranched alkanes of at least 4 members (excludes halogenated alkanes) is 1. The van der Waals surface area contributed by atoms with Crippen LogP contribution in [-0.2, 0) is 9.59 Å². The molecule has 15 heavy (non-hydrogen) atoms. The van der Waals surface area contributed by atoms with Crippen LogP contribution in [0.5, 0.6) is 0 Å². The number of carbonyl (C=O) groups is 2. The SMILES string of the molecule is CCCCC(=O)NC1CCCC1C(=O)O. The molecule has 1 aliphatic carbocycles. The third kappa shape index (κ3) is 3.53. The third-order valence-electron chi connectivity index (χ3n) is 2.94. The van der Waals surface area contributed by atoms with Gasteiger partial charge in [0.25, 0.3) is 0 Å². The summed E-state index contributed by atoms with van der Waals surface area (Å²) in [5.41, 5.74) is 0. The van der Waals surface area contributed by atoms with Gasteiger partial charge in [0.1, 0.15) is 0 Å². The summed E-state index contributed by atoms with van der Waals surface area (Å²) >= 11 is 0. The highest BCUT2D eigenvalue weighted by molar-refractivity contribution is 5.78. The van der Waals surface area contributed by atoms with Gasteiger partial charge in [0, 0.05) is 12.5 Å². The normalized spacial score (nSPS) is 25.1. The summed E-state index contributed by atoms with van der Waals surface area (Å²) < 4.78 is 0. The van der Waals surface area contributed by atoms with E-state index in [0.717, 1.165) is 25.7 Å². The van der Waals surface area contributed by atoms with E-state index in [9.17, 15) is 9.59 Å². The standard InChI is InChI=1S/C11H19NO3/c1-2-3-7-10(13)12-9-6-4-5-8(9)11(14)15/h8-9H,2-7H2,1H3,(H,12,13)(H,14,15). The molecule has 2 N–H and O–H groups in total. The zero-order chi connectivity index (χ0) is 11.3. The lowest BCUT2D eigenvalue weighted by atomic mass is 10.0. The molecule has 2 atom stereocenters. The number of carboxylic acids is 1. The molecule has 0 aromatic carbocycles. The average Bonchev–Trinajstić information content (AvgIpc) is 2.62. The third-order valence-corrected chi connectivity index (χ3v) is 2.94. The van der Waals surface area contributed by atoms with Gasteiger partial charge in [-0.3, -0.25) is 9.59 Å². The lowest BCUT2D eigenvalue weighted by Gasteiger charge is -2.17. The van der Waals surface area contributed by atoms with Crippen LogP contribution in [0.15, 0.2) is 0 Å². The van der Waals surface area contributed by atoms with Crippen molar-refractivity contribution in [2.24, 2.45) is 5.92 Å². The number of carboxylic acid groups (broad SMARTS) is 1. The van der Waals surface area contributed by atoms with E-state index in [1.165, 1.54) is 0 Å². The Bertz CT molecular complexity index is 240. The van der Waals surface area contributed by atoms with Crippen LogP contribution in [0.25, 0.3) is 0 Å². The van der Waals surface area contributed by atoms with Crippen molar-refractivity contribution in [1.29, 1.82) is 0 Å². The maximum absolute atomic E-state index is 11.4. The van der Waals surface area contributed by atoms with E-state index in [4.69, 9.17) is 5.11 Å². The predicted molar refractivity (Wildman–Crippen MR) is 56.4 cm³/mol. The monoisotopic (exact) mass is 213 g/mol. The van der Waals surface area contributed by atoms with E-state index >= 15 is 0 Å². The van der Waals surface area contributed by atoms with E-state index in [1.54, 1.807) is 0 Å². The number of hydrogen-bond acceptors (Lipinski definition) is 2. The highest BCUT2D eigenvalue weighted by atomic mass is 16.4. The molecule has 1 amide bonds. The second kappa shape index (κ2) is 5.73. The molecule has 86 valence electrons. The van der Waals surface area contributed by atoms with E-state index in [2.05, 4.69) is 5.32 Å². The fraction of sp³-hybridized carbons (Fsp3) is 0.818. The molecule has 1 aliphatic rings. The molecule has 0 aromatic rings. The molecule has 1 saturated carbocycles. The van der Waals surface area contributed by atoms with Crippen molar-refractivity contribution in [2.75, 3.05) is 0 Å².